The number of para-hydroxylation sites is 2. The van der Waals surface area contributed by atoms with Crippen LogP contribution in [0, 0.1) is 10.1 Å². The molecule has 4 aromatic carbocycles. The number of aromatic nitrogens is 2. The van der Waals surface area contributed by atoms with Gasteiger partial charge in [0.2, 0.25) is 11.8 Å². The molecule has 2 aromatic heterocycles. The number of carbonyl (C=O) groups is 4. The van der Waals surface area contributed by atoms with E-state index < -0.39 is 10.8 Å². The molecule has 0 spiro atoms. The summed E-state index contributed by atoms with van der Waals surface area (Å²) in [6.45, 7) is 0. The van der Waals surface area contributed by atoms with Gasteiger partial charge in [-0.3, -0.25) is 29.3 Å². The van der Waals surface area contributed by atoms with Gasteiger partial charge in [-0.15, -0.1) is 22.7 Å². The van der Waals surface area contributed by atoms with Crippen molar-refractivity contribution in [2.45, 2.75) is 8.68 Å². The first-order chi connectivity index (χ1) is 23.2. The predicted octanol–water partition coefficient (Wildman–Crippen LogP) is 7.08. The van der Waals surface area contributed by atoms with Gasteiger partial charge in [-0.2, -0.15) is 0 Å². The summed E-state index contributed by atoms with van der Waals surface area (Å²) in [5.74, 6) is -1.21. The first-order valence-corrected chi connectivity index (χ1v) is 17.7. The third kappa shape index (κ3) is 6.37. The number of carbonyl (C=O) groups excluding carboxylic acids is 4. The Bertz CT molecular complexity index is 2270. The van der Waals surface area contributed by atoms with Crippen molar-refractivity contribution in [2.24, 2.45) is 0 Å². The number of anilines is 3. The minimum atomic E-state index is -0.550. The van der Waals surface area contributed by atoms with Gasteiger partial charge in [0.05, 0.1) is 53.7 Å². The molecule has 0 bridgehead atoms. The highest BCUT2D eigenvalue weighted by atomic mass is 32.2. The van der Waals surface area contributed by atoms with E-state index in [4.69, 9.17) is 0 Å². The van der Waals surface area contributed by atoms with Gasteiger partial charge >= 0.3 is 0 Å². The molecule has 0 saturated carbocycles. The maximum absolute atomic E-state index is 12.9. The summed E-state index contributed by atoms with van der Waals surface area (Å²) in [4.78, 5) is 72.0. The van der Waals surface area contributed by atoms with E-state index in [2.05, 4.69) is 20.6 Å². The number of hydrogen-bond donors (Lipinski definition) is 2. The Morgan fingerprint density at radius 2 is 1.31 bits per heavy atom. The summed E-state index contributed by atoms with van der Waals surface area (Å²) in [5, 5.41) is 16.7. The summed E-state index contributed by atoms with van der Waals surface area (Å²) in [7, 11) is 0. The maximum atomic E-state index is 12.9. The Balaban J connectivity index is 0.943. The van der Waals surface area contributed by atoms with Crippen molar-refractivity contribution in [1.29, 1.82) is 0 Å². The zero-order valence-electron chi connectivity index (χ0n) is 24.4. The van der Waals surface area contributed by atoms with E-state index in [0.717, 1.165) is 9.40 Å². The predicted molar refractivity (Wildman–Crippen MR) is 189 cm³/mol. The summed E-state index contributed by atoms with van der Waals surface area (Å²) in [5.41, 5.74) is 3.18. The standard InChI is InChI=1S/C32H20N6O6S4/c39-27(15-45-32-36-23-12-10-18(14-26(23)48-32)37-29(41)19-5-1-2-6-20(19)30(37)42)33-17-9-11-22-25(13-17)47-31(35-22)46-16-28(40)34-21-7-3-4-8-24(21)38(43)44/h1-14H,15-16H2,(H,33,39)(H,34,40). The van der Waals surface area contributed by atoms with Crippen LogP contribution in [0.4, 0.5) is 22.7 Å². The second kappa shape index (κ2) is 13.2. The Morgan fingerprint density at radius 1 is 0.750 bits per heavy atom. The van der Waals surface area contributed by atoms with Crippen molar-refractivity contribution in [2.75, 3.05) is 27.0 Å². The van der Waals surface area contributed by atoms with Gasteiger partial charge in [0.25, 0.3) is 17.5 Å². The molecule has 0 fully saturated rings. The number of nitro benzene ring substituents is 1. The molecule has 6 aromatic rings. The van der Waals surface area contributed by atoms with Crippen molar-refractivity contribution < 1.29 is 24.1 Å². The SMILES string of the molecule is O=C(CSc1nc2ccc(N3C(=O)c4ccccc4C3=O)cc2s1)Nc1ccc2nc(SCC(=O)Nc3ccccc3[N+](=O)[O-])sc2c1. The number of rotatable bonds is 10. The van der Waals surface area contributed by atoms with Crippen LogP contribution < -0.4 is 15.5 Å². The maximum Gasteiger partial charge on any atom is 0.292 e. The van der Waals surface area contributed by atoms with Crippen LogP contribution in [-0.4, -0.2) is 50.0 Å². The molecule has 7 rings (SSSR count). The average molecular weight is 713 g/mol. The third-order valence-corrected chi connectivity index (χ3v) is 11.4. The highest BCUT2D eigenvalue weighted by Gasteiger charge is 2.36. The van der Waals surface area contributed by atoms with E-state index in [1.54, 1.807) is 60.7 Å². The fourth-order valence-electron chi connectivity index (χ4n) is 4.94. The van der Waals surface area contributed by atoms with Crippen molar-refractivity contribution in [3.05, 3.63) is 106 Å². The van der Waals surface area contributed by atoms with Crippen LogP contribution in [0.3, 0.4) is 0 Å². The van der Waals surface area contributed by atoms with E-state index in [9.17, 15) is 29.3 Å². The van der Waals surface area contributed by atoms with Gasteiger partial charge in [0.1, 0.15) is 5.69 Å². The number of fused-ring (bicyclic) bond motifs is 3. The number of amides is 4. The van der Waals surface area contributed by atoms with Crippen LogP contribution in [0.25, 0.3) is 20.4 Å². The molecule has 12 nitrogen and oxygen atoms in total. The number of nitrogens with one attached hydrogen (secondary N) is 2. The highest BCUT2D eigenvalue weighted by Crippen LogP contribution is 2.36. The van der Waals surface area contributed by atoms with Crippen LogP contribution >= 0.6 is 46.2 Å². The van der Waals surface area contributed by atoms with Crippen molar-refractivity contribution in [3.63, 3.8) is 0 Å². The van der Waals surface area contributed by atoms with Crippen LogP contribution in [0.15, 0.2) is 93.6 Å². The third-order valence-electron chi connectivity index (χ3n) is 7.09. The summed E-state index contributed by atoms with van der Waals surface area (Å²) in [6, 6.07) is 23.2. The first kappa shape index (κ1) is 31.4. The van der Waals surface area contributed by atoms with Crippen molar-refractivity contribution >= 4 is 113 Å². The van der Waals surface area contributed by atoms with E-state index in [1.807, 2.05) is 6.07 Å². The lowest BCUT2D eigenvalue weighted by Gasteiger charge is -2.13. The van der Waals surface area contributed by atoms with E-state index in [0.29, 0.717) is 42.2 Å². The van der Waals surface area contributed by atoms with Crippen LogP contribution in [-0.2, 0) is 9.59 Å². The fraction of sp³-hybridized carbons (Fsp3) is 0.0625. The molecule has 1 aliphatic heterocycles. The molecular formula is C32H20N6O6S4. The molecular weight excluding hydrogens is 693 g/mol. The number of thiazole rings is 2. The van der Waals surface area contributed by atoms with Gasteiger partial charge in [0.15, 0.2) is 8.68 Å². The second-order valence-corrected chi connectivity index (χ2v) is 14.7. The Labute approximate surface area is 287 Å². The van der Waals surface area contributed by atoms with Gasteiger partial charge < -0.3 is 10.6 Å². The molecule has 1 aliphatic rings. The van der Waals surface area contributed by atoms with Gasteiger partial charge in [-0.1, -0.05) is 47.8 Å². The second-order valence-electron chi connectivity index (χ2n) is 10.2. The largest absolute Gasteiger partial charge is 0.325 e. The molecule has 48 heavy (non-hydrogen) atoms. The molecule has 0 atom stereocenters. The molecule has 2 N–H and O–H groups in total. The number of imide groups is 1. The Kier molecular flexibility index (Phi) is 8.62. The summed E-state index contributed by atoms with van der Waals surface area (Å²) in [6.07, 6.45) is 0. The monoisotopic (exact) mass is 712 g/mol. The van der Waals surface area contributed by atoms with Crippen LogP contribution in [0.5, 0.6) is 0 Å². The lowest BCUT2D eigenvalue weighted by Crippen LogP contribution is -2.29. The van der Waals surface area contributed by atoms with Crippen molar-refractivity contribution in [1.82, 2.24) is 9.97 Å². The normalized spacial score (nSPS) is 12.5. The fourth-order valence-corrected chi connectivity index (χ4v) is 8.75. The average Bonchev–Trinajstić information content (AvgIpc) is 3.76. The molecule has 3 heterocycles. The lowest BCUT2D eigenvalue weighted by atomic mass is 10.1. The minimum absolute atomic E-state index is 0.0164. The molecule has 238 valence electrons. The molecule has 0 unspecified atom stereocenters. The summed E-state index contributed by atoms with van der Waals surface area (Å²) < 4.78 is 2.92. The quantitative estimate of drug-likeness (QED) is 0.0649. The Hall–Kier alpha value is -5.16. The topological polar surface area (TPSA) is 165 Å². The number of nitro groups is 1. The zero-order chi connectivity index (χ0) is 33.4. The van der Waals surface area contributed by atoms with E-state index in [-0.39, 0.29) is 40.6 Å². The van der Waals surface area contributed by atoms with E-state index in [1.165, 1.54) is 69.3 Å². The van der Waals surface area contributed by atoms with Gasteiger partial charge in [-0.25, -0.2) is 14.9 Å². The molecule has 0 radical (unpaired) electrons. The first-order valence-electron chi connectivity index (χ1n) is 14.1. The number of benzene rings is 4. The van der Waals surface area contributed by atoms with Gasteiger partial charge in [0, 0.05) is 11.8 Å². The van der Waals surface area contributed by atoms with Crippen LogP contribution in [0.1, 0.15) is 20.7 Å². The molecule has 0 aliphatic carbocycles. The van der Waals surface area contributed by atoms with Crippen molar-refractivity contribution in [3.8, 4) is 0 Å². The molecule has 0 saturated heterocycles. The van der Waals surface area contributed by atoms with Gasteiger partial charge in [-0.05, 0) is 54.6 Å². The minimum Gasteiger partial charge on any atom is -0.325 e. The van der Waals surface area contributed by atoms with Crippen LogP contribution in [0.2, 0.25) is 0 Å². The molecule has 16 heteroatoms. The highest BCUT2D eigenvalue weighted by molar-refractivity contribution is 8.02. The number of nitrogens with zero attached hydrogens (tertiary/aromatic N) is 4. The number of thioether (sulfide) groups is 2. The molecule has 4 amide bonds. The lowest BCUT2D eigenvalue weighted by molar-refractivity contribution is -0.383. The van der Waals surface area contributed by atoms with E-state index >= 15 is 0 Å². The number of hydrogen-bond acceptors (Lipinski definition) is 12. The summed E-state index contributed by atoms with van der Waals surface area (Å²) >= 11 is 5.24. The smallest absolute Gasteiger partial charge is 0.292 e. The zero-order valence-corrected chi connectivity index (χ0v) is 27.6. The Morgan fingerprint density at radius 3 is 1.96 bits per heavy atom.